The molecule has 1 aromatic rings. The van der Waals surface area contributed by atoms with Crippen molar-refractivity contribution >= 4 is 15.9 Å². The van der Waals surface area contributed by atoms with Crippen molar-refractivity contribution in [1.29, 1.82) is 0 Å². The van der Waals surface area contributed by atoms with E-state index in [4.69, 9.17) is 4.74 Å². The van der Waals surface area contributed by atoms with Gasteiger partial charge in [-0.05, 0) is 49.4 Å². The van der Waals surface area contributed by atoms with Crippen molar-refractivity contribution in [1.82, 2.24) is 20.0 Å². The molecule has 1 aromatic heterocycles. The molecule has 2 unspecified atom stereocenters. The zero-order valence-electron chi connectivity index (χ0n) is 13.9. The summed E-state index contributed by atoms with van der Waals surface area (Å²) in [6.07, 6.45) is 4.08. The summed E-state index contributed by atoms with van der Waals surface area (Å²) in [5, 5.41) is 8.13. The summed E-state index contributed by atoms with van der Waals surface area (Å²) in [5.41, 5.74) is 1.18. The molecule has 0 aromatic carbocycles. The lowest BCUT2D eigenvalue weighted by atomic mass is 10.0. The second-order valence-corrected chi connectivity index (χ2v) is 6.37. The molecule has 0 bridgehead atoms. The topological polar surface area (TPSA) is 42.3 Å². The summed E-state index contributed by atoms with van der Waals surface area (Å²) in [6.45, 7) is 7.14. The van der Waals surface area contributed by atoms with E-state index in [1.165, 1.54) is 5.69 Å². The van der Waals surface area contributed by atoms with Crippen molar-refractivity contribution in [3.63, 3.8) is 0 Å². The van der Waals surface area contributed by atoms with Gasteiger partial charge in [-0.2, -0.15) is 5.10 Å². The van der Waals surface area contributed by atoms with Crippen molar-refractivity contribution in [3.05, 3.63) is 16.4 Å². The number of aromatic nitrogens is 2. The predicted molar refractivity (Wildman–Crippen MR) is 90.6 cm³/mol. The number of ether oxygens (including phenoxy) is 1. The van der Waals surface area contributed by atoms with Crippen LogP contribution in [-0.4, -0.2) is 55.1 Å². The minimum Gasteiger partial charge on any atom is -0.379 e. The van der Waals surface area contributed by atoms with Gasteiger partial charge < -0.3 is 15.0 Å². The van der Waals surface area contributed by atoms with Gasteiger partial charge in [0.2, 0.25) is 0 Å². The molecule has 0 fully saturated rings. The summed E-state index contributed by atoms with van der Waals surface area (Å²) in [4.78, 5) is 2.17. The Labute approximate surface area is 137 Å². The van der Waals surface area contributed by atoms with Gasteiger partial charge >= 0.3 is 0 Å². The highest BCUT2D eigenvalue weighted by molar-refractivity contribution is 9.10. The Bertz CT molecular complexity index is 404. The summed E-state index contributed by atoms with van der Waals surface area (Å²) >= 11 is 3.65. The van der Waals surface area contributed by atoms with Crippen LogP contribution in [0.2, 0.25) is 0 Å². The molecule has 0 saturated carbocycles. The molecule has 5 nitrogen and oxygen atoms in total. The first-order valence-electron chi connectivity index (χ1n) is 7.67. The minimum absolute atomic E-state index is 0.141. The fourth-order valence-corrected chi connectivity index (χ4v) is 2.94. The van der Waals surface area contributed by atoms with Crippen molar-refractivity contribution in [2.24, 2.45) is 0 Å². The Morgan fingerprint density at radius 3 is 2.67 bits per heavy atom. The second-order valence-electron chi connectivity index (χ2n) is 5.52. The molecule has 21 heavy (non-hydrogen) atoms. The molecule has 0 saturated heterocycles. The third-order valence-electron chi connectivity index (χ3n) is 3.58. The summed E-state index contributed by atoms with van der Waals surface area (Å²) < 4.78 is 8.81. The maximum atomic E-state index is 5.68. The molecule has 1 heterocycles. The first-order chi connectivity index (χ1) is 10.0. The highest BCUT2D eigenvalue weighted by Crippen LogP contribution is 2.28. The lowest BCUT2D eigenvalue weighted by Gasteiger charge is -2.27. The molecule has 2 atom stereocenters. The first-order valence-corrected chi connectivity index (χ1v) is 8.46. The van der Waals surface area contributed by atoms with E-state index in [0.29, 0.717) is 0 Å². The number of likely N-dealkylation sites (N-methyl/N-ethyl adjacent to an activating group) is 1. The molecular formula is C15H29BrN4O. The van der Waals surface area contributed by atoms with Gasteiger partial charge in [0.05, 0.1) is 35.1 Å². The van der Waals surface area contributed by atoms with Gasteiger partial charge in [-0.3, -0.25) is 4.68 Å². The number of nitrogens with zero attached hydrogens (tertiary/aromatic N) is 3. The van der Waals surface area contributed by atoms with Crippen molar-refractivity contribution < 1.29 is 4.74 Å². The highest BCUT2D eigenvalue weighted by Gasteiger charge is 2.26. The summed E-state index contributed by atoms with van der Waals surface area (Å²) in [7, 11) is 5.94. The maximum absolute atomic E-state index is 5.68. The fraction of sp³-hybridized carbons (Fsp3) is 0.800. The van der Waals surface area contributed by atoms with Crippen LogP contribution < -0.4 is 5.32 Å². The van der Waals surface area contributed by atoms with Crippen LogP contribution in [0.1, 0.15) is 38.4 Å². The SMILES string of the molecule is CCCNC(c1c(Br)cnn1CCN(C)C)C(CC)OC. The zero-order chi connectivity index (χ0) is 15.8. The number of halogens is 1. The molecule has 0 amide bonds. The van der Waals surface area contributed by atoms with Gasteiger partial charge in [-0.1, -0.05) is 13.8 Å². The number of rotatable bonds is 10. The maximum Gasteiger partial charge on any atom is 0.0779 e. The molecule has 122 valence electrons. The van der Waals surface area contributed by atoms with E-state index in [0.717, 1.165) is 36.9 Å². The van der Waals surface area contributed by atoms with Crippen LogP contribution in [0.5, 0.6) is 0 Å². The summed E-state index contributed by atoms with van der Waals surface area (Å²) in [5.74, 6) is 0. The van der Waals surface area contributed by atoms with Gasteiger partial charge in [0.25, 0.3) is 0 Å². The van der Waals surface area contributed by atoms with E-state index in [-0.39, 0.29) is 12.1 Å². The number of methoxy groups -OCH3 is 1. The molecule has 0 spiro atoms. The minimum atomic E-state index is 0.141. The zero-order valence-corrected chi connectivity index (χ0v) is 15.5. The Kier molecular flexibility index (Phi) is 8.48. The van der Waals surface area contributed by atoms with E-state index >= 15 is 0 Å². The molecule has 6 heteroatoms. The van der Waals surface area contributed by atoms with Crippen LogP contribution in [0.4, 0.5) is 0 Å². The number of nitrogens with one attached hydrogen (secondary N) is 1. The van der Waals surface area contributed by atoms with Gasteiger partial charge in [0, 0.05) is 13.7 Å². The van der Waals surface area contributed by atoms with Crippen LogP contribution in [0, 0.1) is 0 Å². The van der Waals surface area contributed by atoms with Gasteiger partial charge in [-0.25, -0.2) is 0 Å². The van der Waals surface area contributed by atoms with Crippen molar-refractivity contribution in [2.75, 3.05) is 34.3 Å². The Hall–Kier alpha value is -0.430. The fourth-order valence-electron chi connectivity index (χ4n) is 2.40. The lowest BCUT2D eigenvalue weighted by Crippen LogP contribution is -2.36. The monoisotopic (exact) mass is 360 g/mol. The average molecular weight is 361 g/mol. The largest absolute Gasteiger partial charge is 0.379 e. The van der Waals surface area contributed by atoms with E-state index in [1.54, 1.807) is 7.11 Å². The molecule has 0 aliphatic rings. The van der Waals surface area contributed by atoms with E-state index in [1.807, 2.05) is 6.20 Å². The van der Waals surface area contributed by atoms with Crippen molar-refractivity contribution in [3.8, 4) is 0 Å². The van der Waals surface area contributed by atoms with E-state index in [2.05, 4.69) is 63.9 Å². The van der Waals surface area contributed by atoms with E-state index in [9.17, 15) is 0 Å². The smallest absolute Gasteiger partial charge is 0.0779 e. The molecule has 0 radical (unpaired) electrons. The molecule has 1 rings (SSSR count). The standard InChI is InChI=1S/C15H29BrN4O/c1-6-8-17-14(13(7-2)21-5)15-12(16)11-18-20(15)10-9-19(3)4/h11,13-14,17H,6-10H2,1-5H3. The van der Waals surface area contributed by atoms with E-state index < -0.39 is 0 Å². The highest BCUT2D eigenvalue weighted by atomic mass is 79.9. The molecule has 0 aliphatic carbocycles. The quantitative estimate of drug-likeness (QED) is 0.696. The molecular weight excluding hydrogens is 332 g/mol. The predicted octanol–water partition coefficient (Wildman–Crippen LogP) is 2.67. The number of hydrogen-bond donors (Lipinski definition) is 1. The van der Waals surface area contributed by atoms with Gasteiger partial charge in [0.1, 0.15) is 0 Å². The lowest BCUT2D eigenvalue weighted by molar-refractivity contribution is 0.0618. The third-order valence-corrected chi connectivity index (χ3v) is 4.19. The molecule has 0 aliphatic heterocycles. The summed E-state index contributed by atoms with van der Waals surface area (Å²) in [6, 6.07) is 0.152. The van der Waals surface area contributed by atoms with Crippen molar-refractivity contribution in [2.45, 2.75) is 45.4 Å². The average Bonchev–Trinajstić information content (AvgIpc) is 2.82. The Morgan fingerprint density at radius 2 is 2.14 bits per heavy atom. The van der Waals surface area contributed by atoms with Crippen LogP contribution in [0.3, 0.4) is 0 Å². The third kappa shape index (κ3) is 5.36. The number of hydrogen-bond acceptors (Lipinski definition) is 4. The van der Waals surface area contributed by atoms with Crippen LogP contribution >= 0.6 is 15.9 Å². The second kappa shape index (κ2) is 9.56. The van der Waals surface area contributed by atoms with Crippen LogP contribution in [0.15, 0.2) is 10.7 Å². The van der Waals surface area contributed by atoms with Gasteiger partial charge in [0.15, 0.2) is 0 Å². The first kappa shape index (κ1) is 18.6. The van der Waals surface area contributed by atoms with Crippen LogP contribution in [-0.2, 0) is 11.3 Å². The Balaban J connectivity index is 3.01. The molecule has 1 N–H and O–H groups in total. The van der Waals surface area contributed by atoms with Gasteiger partial charge in [-0.15, -0.1) is 0 Å². The Morgan fingerprint density at radius 1 is 1.43 bits per heavy atom. The van der Waals surface area contributed by atoms with Crippen LogP contribution in [0.25, 0.3) is 0 Å². The normalized spacial score (nSPS) is 14.6.